The lowest BCUT2D eigenvalue weighted by Gasteiger charge is -2.29. The molecule has 86 valence electrons. The zero-order valence-electron chi connectivity index (χ0n) is 8.59. The number of thiocarbonyl (C=S) groups is 1. The number of rotatable bonds is 2. The van der Waals surface area contributed by atoms with Crippen LogP contribution in [0, 0.1) is 0 Å². The Morgan fingerprint density at radius 2 is 1.94 bits per heavy atom. The molecule has 0 aromatic heterocycles. The zero-order chi connectivity index (χ0) is 11.6. The summed E-state index contributed by atoms with van der Waals surface area (Å²) in [6.07, 6.45) is 0.770. The first kappa shape index (κ1) is 11.3. The van der Waals surface area contributed by atoms with Crippen molar-refractivity contribution in [3.63, 3.8) is 0 Å². The molecule has 1 saturated heterocycles. The molecule has 1 aromatic rings. The maximum atomic E-state index is 12.2. The number of benzene rings is 1. The SMILES string of the molecule is O=S(=O)(c1ccccc1)N1CCCNC1=S. The van der Waals surface area contributed by atoms with Gasteiger partial charge < -0.3 is 5.32 Å². The van der Waals surface area contributed by atoms with Crippen LogP contribution < -0.4 is 5.32 Å². The van der Waals surface area contributed by atoms with Gasteiger partial charge in [-0.15, -0.1) is 0 Å². The average molecular weight is 256 g/mol. The van der Waals surface area contributed by atoms with Gasteiger partial charge in [-0.05, 0) is 30.8 Å². The van der Waals surface area contributed by atoms with E-state index < -0.39 is 10.0 Å². The maximum absolute atomic E-state index is 12.2. The standard InChI is InChI=1S/C10H12N2O2S2/c13-16(14,9-5-2-1-3-6-9)12-8-4-7-11-10(12)15/h1-3,5-6H,4,7-8H2,(H,11,15). The fourth-order valence-corrected chi connectivity index (χ4v) is 3.45. The van der Waals surface area contributed by atoms with Crippen LogP contribution in [0.4, 0.5) is 0 Å². The summed E-state index contributed by atoms with van der Waals surface area (Å²) in [7, 11) is -3.48. The van der Waals surface area contributed by atoms with Crippen LogP contribution in [0.3, 0.4) is 0 Å². The number of hydrogen-bond donors (Lipinski definition) is 1. The normalized spacial score (nSPS) is 17.0. The summed E-state index contributed by atoms with van der Waals surface area (Å²) in [4.78, 5) is 0.279. The highest BCUT2D eigenvalue weighted by Crippen LogP contribution is 2.17. The van der Waals surface area contributed by atoms with Gasteiger partial charge in [-0.25, -0.2) is 12.7 Å². The van der Waals surface area contributed by atoms with E-state index in [1.165, 1.54) is 4.31 Å². The van der Waals surface area contributed by atoms with Crippen molar-refractivity contribution in [1.82, 2.24) is 9.62 Å². The molecule has 0 bridgehead atoms. The van der Waals surface area contributed by atoms with E-state index in [1.807, 2.05) is 0 Å². The molecular formula is C10H12N2O2S2. The average Bonchev–Trinajstić information content (AvgIpc) is 2.30. The van der Waals surface area contributed by atoms with Gasteiger partial charge in [-0.1, -0.05) is 18.2 Å². The molecular weight excluding hydrogens is 244 g/mol. The highest BCUT2D eigenvalue weighted by Gasteiger charge is 2.28. The predicted molar refractivity (Wildman–Crippen MR) is 65.6 cm³/mol. The maximum Gasteiger partial charge on any atom is 0.266 e. The van der Waals surface area contributed by atoms with Crippen molar-refractivity contribution in [3.05, 3.63) is 30.3 Å². The van der Waals surface area contributed by atoms with Gasteiger partial charge in [0.25, 0.3) is 10.0 Å². The van der Waals surface area contributed by atoms with Crippen molar-refractivity contribution < 1.29 is 8.42 Å². The minimum Gasteiger partial charge on any atom is -0.362 e. The Labute approximate surface area is 100 Å². The summed E-state index contributed by atoms with van der Waals surface area (Å²) in [5.74, 6) is 0. The van der Waals surface area contributed by atoms with Gasteiger partial charge in [0, 0.05) is 13.1 Å². The molecule has 16 heavy (non-hydrogen) atoms. The van der Waals surface area contributed by atoms with E-state index >= 15 is 0 Å². The van der Waals surface area contributed by atoms with Crippen LogP contribution in [0.15, 0.2) is 35.2 Å². The molecule has 2 rings (SSSR count). The van der Waals surface area contributed by atoms with Gasteiger partial charge in [0.2, 0.25) is 0 Å². The fraction of sp³-hybridized carbons (Fsp3) is 0.300. The smallest absolute Gasteiger partial charge is 0.266 e. The molecule has 0 unspecified atom stereocenters. The number of sulfonamides is 1. The van der Waals surface area contributed by atoms with Gasteiger partial charge in [-0.3, -0.25) is 0 Å². The third-order valence-electron chi connectivity index (χ3n) is 2.37. The summed E-state index contributed by atoms with van der Waals surface area (Å²) in [6, 6.07) is 8.34. The predicted octanol–water partition coefficient (Wildman–Crippen LogP) is 0.956. The lowest BCUT2D eigenvalue weighted by molar-refractivity contribution is 0.482. The summed E-state index contributed by atoms with van der Waals surface area (Å²) in [5.41, 5.74) is 0. The third-order valence-corrected chi connectivity index (χ3v) is 4.67. The molecule has 0 aliphatic carbocycles. The van der Waals surface area contributed by atoms with Gasteiger partial charge >= 0.3 is 0 Å². The second kappa shape index (κ2) is 4.39. The van der Waals surface area contributed by atoms with E-state index in [2.05, 4.69) is 5.32 Å². The zero-order valence-corrected chi connectivity index (χ0v) is 10.2. The van der Waals surface area contributed by atoms with Crippen LogP contribution in [0.1, 0.15) is 6.42 Å². The van der Waals surface area contributed by atoms with Gasteiger partial charge in [0.05, 0.1) is 4.90 Å². The van der Waals surface area contributed by atoms with Crippen LogP contribution in [-0.4, -0.2) is 30.9 Å². The van der Waals surface area contributed by atoms with Gasteiger partial charge in [0.15, 0.2) is 5.11 Å². The molecule has 1 aliphatic heterocycles. The number of nitrogens with zero attached hydrogens (tertiary/aromatic N) is 1. The molecule has 1 aromatic carbocycles. The second-order valence-electron chi connectivity index (χ2n) is 3.48. The first-order valence-corrected chi connectivity index (χ1v) is 6.83. The Morgan fingerprint density at radius 3 is 2.56 bits per heavy atom. The summed E-state index contributed by atoms with van der Waals surface area (Å²) < 4.78 is 25.6. The molecule has 0 spiro atoms. The quantitative estimate of drug-likeness (QED) is 0.801. The van der Waals surface area contributed by atoms with E-state index in [0.717, 1.165) is 13.0 Å². The Bertz CT molecular complexity index is 485. The van der Waals surface area contributed by atoms with Crippen molar-refractivity contribution in [3.8, 4) is 0 Å². The minimum atomic E-state index is -3.48. The highest BCUT2D eigenvalue weighted by molar-refractivity contribution is 7.91. The molecule has 0 saturated carbocycles. The van der Waals surface area contributed by atoms with Crippen molar-refractivity contribution in [1.29, 1.82) is 0 Å². The topological polar surface area (TPSA) is 49.4 Å². The first-order chi connectivity index (χ1) is 7.62. The fourth-order valence-electron chi connectivity index (χ4n) is 1.56. The van der Waals surface area contributed by atoms with Crippen LogP contribution in [0.25, 0.3) is 0 Å². The van der Waals surface area contributed by atoms with E-state index in [-0.39, 0.29) is 10.0 Å². The van der Waals surface area contributed by atoms with E-state index in [1.54, 1.807) is 30.3 Å². The molecule has 0 amide bonds. The van der Waals surface area contributed by atoms with E-state index in [0.29, 0.717) is 6.54 Å². The van der Waals surface area contributed by atoms with Crippen molar-refractivity contribution in [2.75, 3.05) is 13.1 Å². The van der Waals surface area contributed by atoms with Crippen LogP contribution in [0.5, 0.6) is 0 Å². The molecule has 1 fully saturated rings. The highest BCUT2D eigenvalue weighted by atomic mass is 32.2. The summed E-state index contributed by atoms with van der Waals surface area (Å²) in [6.45, 7) is 1.18. The van der Waals surface area contributed by atoms with Crippen LogP contribution >= 0.6 is 12.2 Å². The van der Waals surface area contributed by atoms with E-state index in [9.17, 15) is 8.42 Å². The Kier molecular flexibility index (Phi) is 3.11. The van der Waals surface area contributed by atoms with Crippen LogP contribution in [0.2, 0.25) is 0 Å². The molecule has 4 nitrogen and oxygen atoms in total. The Balaban J connectivity index is 2.35. The molecule has 6 heteroatoms. The molecule has 0 atom stereocenters. The Morgan fingerprint density at radius 1 is 1.25 bits per heavy atom. The lowest BCUT2D eigenvalue weighted by Crippen LogP contribution is -2.48. The lowest BCUT2D eigenvalue weighted by atomic mass is 10.4. The second-order valence-corrected chi connectivity index (χ2v) is 5.72. The Hall–Kier alpha value is -1.14. The largest absolute Gasteiger partial charge is 0.362 e. The van der Waals surface area contributed by atoms with Gasteiger partial charge in [0.1, 0.15) is 0 Å². The summed E-state index contributed by atoms with van der Waals surface area (Å²) >= 11 is 5.01. The summed E-state index contributed by atoms with van der Waals surface area (Å²) in [5, 5.41) is 3.17. The number of nitrogens with one attached hydrogen (secondary N) is 1. The van der Waals surface area contributed by atoms with E-state index in [4.69, 9.17) is 12.2 Å². The van der Waals surface area contributed by atoms with Crippen molar-refractivity contribution >= 4 is 27.4 Å². The molecule has 1 aliphatic rings. The van der Waals surface area contributed by atoms with Crippen molar-refractivity contribution in [2.45, 2.75) is 11.3 Å². The van der Waals surface area contributed by atoms with Gasteiger partial charge in [-0.2, -0.15) is 0 Å². The molecule has 1 heterocycles. The first-order valence-electron chi connectivity index (χ1n) is 4.98. The number of hydrogen-bond acceptors (Lipinski definition) is 3. The van der Waals surface area contributed by atoms with Crippen molar-refractivity contribution in [2.24, 2.45) is 0 Å². The third kappa shape index (κ3) is 2.03. The molecule has 1 N–H and O–H groups in total. The minimum absolute atomic E-state index is 0.279. The monoisotopic (exact) mass is 256 g/mol. The molecule has 0 radical (unpaired) electrons. The van der Waals surface area contributed by atoms with Crippen LogP contribution in [-0.2, 0) is 10.0 Å².